The van der Waals surface area contributed by atoms with Gasteiger partial charge in [-0.25, -0.2) is 0 Å². The molecule has 1 saturated carbocycles. The van der Waals surface area contributed by atoms with Gasteiger partial charge in [0.25, 0.3) is 5.91 Å². The summed E-state index contributed by atoms with van der Waals surface area (Å²) in [4.78, 5) is 34.8. The van der Waals surface area contributed by atoms with Crippen LogP contribution in [0, 0.1) is 0 Å². The molecule has 2 amide bonds. The van der Waals surface area contributed by atoms with Crippen molar-refractivity contribution >= 4 is 34.5 Å². The van der Waals surface area contributed by atoms with Gasteiger partial charge in [-0.15, -0.1) is 22.7 Å². The fourth-order valence-electron chi connectivity index (χ4n) is 3.89. The minimum absolute atomic E-state index is 0.106. The Morgan fingerprint density at radius 1 is 1.03 bits per heavy atom. The van der Waals surface area contributed by atoms with Crippen LogP contribution >= 0.6 is 22.7 Å². The van der Waals surface area contributed by atoms with E-state index < -0.39 is 6.04 Å². The molecular formula is C23H25N3O2S2. The largest absolute Gasteiger partial charge is 0.351 e. The molecule has 7 heteroatoms. The van der Waals surface area contributed by atoms with Crippen LogP contribution in [0.5, 0.6) is 0 Å². The molecule has 4 rings (SSSR count). The van der Waals surface area contributed by atoms with E-state index in [-0.39, 0.29) is 17.9 Å². The Kier molecular flexibility index (Phi) is 6.92. The zero-order valence-corrected chi connectivity index (χ0v) is 18.3. The van der Waals surface area contributed by atoms with Gasteiger partial charge in [0.2, 0.25) is 5.91 Å². The second kappa shape index (κ2) is 10.00. The van der Waals surface area contributed by atoms with E-state index in [1.165, 1.54) is 17.8 Å². The summed E-state index contributed by atoms with van der Waals surface area (Å²) in [7, 11) is 0. The Morgan fingerprint density at radius 3 is 2.50 bits per heavy atom. The fraction of sp³-hybridized carbons (Fsp3) is 0.348. The molecule has 3 aromatic heterocycles. The number of aromatic nitrogens is 1. The molecule has 1 aliphatic carbocycles. The maximum atomic E-state index is 13.5. The smallest absolute Gasteiger partial charge is 0.273 e. The topological polar surface area (TPSA) is 62.3 Å². The molecule has 0 unspecified atom stereocenters. The maximum absolute atomic E-state index is 13.5. The molecule has 30 heavy (non-hydrogen) atoms. The van der Waals surface area contributed by atoms with Crippen LogP contribution < -0.4 is 5.32 Å². The Balaban J connectivity index is 1.67. The fourth-order valence-corrected chi connectivity index (χ4v) is 5.42. The monoisotopic (exact) mass is 439 g/mol. The quantitative estimate of drug-likeness (QED) is 0.561. The average Bonchev–Trinajstić information content (AvgIpc) is 3.49. The lowest BCUT2D eigenvalue weighted by atomic mass is 9.95. The maximum Gasteiger partial charge on any atom is 0.273 e. The van der Waals surface area contributed by atoms with E-state index in [9.17, 15) is 9.59 Å². The minimum atomic E-state index is -0.677. The highest BCUT2D eigenvalue weighted by Crippen LogP contribution is 2.30. The predicted octanol–water partition coefficient (Wildman–Crippen LogP) is 5.04. The summed E-state index contributed by atoms with van der Waals surface area (Å²) in [5.41, 5.74) is 0.348. The lowest BCUT2D eigenvalue weighted by Gasteiger charge is -2.32. The van der Waals surface area contributed by atoms with Crippen molar-refractivity contribution in [2.75, 3.05) is 0 Å². The van der Waals surface area contributed by atoms with Crippen molar-refractivity contribution in [1.82, 2.24) is 15.2 Å². The molecule has 3 heterocycles. The van der Waals surface area contributed by atoms with Crippen molar-refractivity contribution in [2.24, 2.45) is 0 Å². The number of thiophene rings is 2. The normalized spacial score (nSPS) is 15.5. The van der Waals surface area contributed by atoms with Gasteiger partial charge in [-0.2, -0.15) is 0 Å². The first-order valence-corrected chi connectivity index (χ1v) is 12.1. The van der Waals surface area contributed by atoms with Gasteiger partial charge < -0.3 is 10.2 Å². The minimum Gasteiger partial charge on any atom is -0.351 e. The standard InChI is InChI=1S/C23H25N3O2S2/c27-22(25-17-8-2-1-3-9-17)21(20-12-7-15-30-20)26(16-18-10-6-14-29-18)23(28)19-11-4-5-13-24-19/h4-7,10-15,17,21H,1-3,8-9,16H2,(H,25,27)/t21-/m1/s1. The van der Waals surface area contributed by atoms with Gasteiger partial charge in [0.05, 0.1) is 6.54 Å². The van der Waals surface area contributed by atoms with Crippen LogP contribution in [0.3, 0.4) is 0 Å². The van der Waals surface area contributed by atoms with Crippen molar-refractivity contribution in [3.05, 3.63) is 74.9 Å². The molecule has 5 nitrogen and oxygen atoms in total. The third-order valence-corrected chi connectivity index (χ3v) is 7.16. The third kappa shape index (κ3) is 4.96. The molecule has 0 radical (unpaired) electrons. The van der Waals surface area contributed by atoms with Crippen LogP contribution in [0.2, 0.25) is 0 Å². The first kappa shape index (κ1) is 20.8. The molecule has 1 atom stereocenters. The van der Waals surface area contributed by atoms with Crippen molar-refractivity contribution in [3.63, 3.8) is 0 Å². The van der Waals surface area contributed by atoms with Crippen LogP contribution in [-0.4, -0.2) is 27.7 Å². The van der Waals surface area contributed by atoms with E-state index in [4.69, 9.17) is 0 Å². The molecule has 3 aromatic rings. The van der Waals surface area contributed by atoms with Gasteiger partial charge in [-0.1, -0.05) is 37.5 Å². The van der Waals surface area contributed by atoms with Gasteiger partial charge in [0.1, 0.15) is 11.7 Å². The highest BCUT2D eigenvalue weighted by Gasteiger charge is 2.34. The highest BCUT2D eigenvalue weighted by atomic mass is 32.1. The van der Waals surface area contributed by atoms with E-state index in [0.717, 1.165) is 35.4 Å². The van der Waals surface area contributed by atoms with Crippen molar-refractivity contribution in [3.8, 4) is 0 Å². The van der Waals surface area contributed by atoms with Gasteiger partial charge >= 0.3 is 0 Å². The van der Waals surface area contributed by atoms with Crippen LogP contribution in [0.15, 0.2) is 59.4 Å². The second-order valence-electron chi connectivity index (χ2n) is 7.49. The van der Waals surface area contributed by atoms with E-state index in [1.807, 2.05) is 35.0 Å². The molecule has 156 valence electrons. The molecule has 1 fully saturated rings. The van der Waals surface area contributed by atoms with E-state index in [1.54, 1.807) is 40.6 Å². The second-order valence-corrected chi connectivity index (χ2v) is 9.50. The van der Waals surface area contributed by atoms with Crippen LogP contribution in [0.4, 0.5) is 0 Å². The summed E-state index contributed by atoms with van der Waals surface area (Å²) in [6.45, 7) is 0.369. The van der Waals surface area contributed by atoms with E-state index in [2.05, 4.69) is 10.3 Å². The lowest BCUT2D eigenvalue weighted by molar-refractivity contribution is -0.127. The highest BCUT2D eigenvalue weighted by molar-refractivity contribution is 7.10. The van der Waals surface area contributed by atoms with E-state index in [0.29, 0.717) is 12.2 Å². The zero-order chi connectivity index (χ0) is 20.8. The summed E-state index contributed by atoms with van der Waals surface area (Å²) in [6, 6.07) is 12.6. The number of pyridine rings is 1. The molecule has 1 N–H and O–H groups in total. The molecule has 1 aliphatic rings. The number of amides is 2. The molecule has 0 aromatic carbocycles. The Bertz CT molecular complexity index is 936. The van der Waals surface area contributed by atoms with Gasteiger partial charge in [-0.05, 0) is 47.9 Å². The predicted molar refractivity (Wildman–Crippen MR) is 121 cm³/mol. The summed E-state index contributed by atoms with van der Waals surface area (Å²) in [6.07, 6.45) is 7.12. The first-order chi connectivity index (χ1) is 14.7. The van der Waals surface area contributed by atoms with Crippen molar-refractivity contribution in [1.29, 1.82) is 0 Å². The number of rotatable bonds is 7. The van der Waals surface area contributed by atoms with Crippen LogP contribution in [-0.2, 0) is 11.3 Å². The van der Waals surface area contributed by atoms with Gasteiger partial charge in [-0.3, -0.25) is 14.6 Å². The Labute approximate surface area is 184 Å². The van der Waals surface area contributed by atoms with Crippen molar-refractivity contribution < 1.29 is 9.59 Å². The number of nitrogens with one attached hydrogen (secondary N) is 1. The zero-order valence-electron chi connectivity index (χ0n) is 16.7. The summed E-state index contributed by atoms with van der Waals surface area (Å²) < 4.78 is 0. The third-order valence-electron chi connectivity index (χ3n) is 5.38. The summed E-state index contributed by atoms with van der Waals surface area (Å²) in [5, 5.41) is 7.17. The molecule has 0 aliphatic heterocycles. The number of nitrogens with zero attached hydrogens (tertiary/aromatic N) is 2. The van der Waals surface area contributed by atoms with Crippen LogP contribution in [0.25, 0.3) is 0 Å². The molecule has 0 bridgehead atoms. The SMILES string of the molecule is O=C(NC1CCCCC1)[C@@H](c1cccs1)N(Cc1cccs1)C(=O)c1ccccn1. The lowest BCUT2D eigenvalue weighted by Crippen LogP contribution is -2.46. The average molecular weight is 440 g/mol. The number of hydrogen-bond donors (Lipinski definition) is 1. The molecule has 0 spiro atoms. The number of carbonyl (C=O) groups is 2. The molecule has 0 saturated heterocycles. The first-order valence-electron chi connectivity index (χ1n) is 10.3. The summed E-state index contributed by atoms with van der Waals surface area (Å²) in [5.74, 6) is -0.341. The Morgan fingerprint density at radius 2 is 1.83 bits per heavy atom. The van der Waals surface area contributed by atoms with E-state index >= 15 is 0 Å². The Hall–Kier alpha value is -2.51. The number of hydrogen-bond acceptors (Lipinski definition) is 5. The van der Waals surface area contributed by atoms with Crippen LogP contribution in [0.1, 0.15) is 58.4 Å². The van der Waals surface area contributed by atoms with Gasteiger partial charge in [0.15, 0.2) is 0 Å². The van der Waals surface area contributed by atoms with Gasteiger partial charge in [0, 0.05) is 22.0 Å². The molecular weight excluding hydrogens is 414 g/mol. The summed E-state index contributed by atoms with van der Waals surface area (Å²) >= 11 is 3.09. The number of carbonyl (C=O) groups excluding carboxylic acids is 2. The van der Waals surface area contributed by atoms with Crippen molar-refractivity contribution in [2.45, 2.75) is 50.7 Å².